The molecule has 0 aliphatic carbocycles. The summed E-state index contributed by atoms with van der Waals surface area (Å²) in [6, 6.07) is 16.3. The molecule has 0 radical (unpaired) electrons. The van der Waals surface area contributed by atoms with Crippen molar-refractivity contribution in [3.63, 3.8) is 0 Å². The molecule has 27 heavy (non-hydrogen) atoms. The van der Waals surface area contributed by atoms with Crippen LogP contribution in [0.3, 0.4) is 0 Å². The van der Waals surface area contributed by atoms with Crippen LogP contribution in [0.1, 0.15) is 29.4 Å². The van der Waals surface area contributed by atoms with Crippen molar-refractivity contribution in [3.05, 3.63) is 77.4 Å². The molecule has 1 aromatic heterocycles. The number of benzene rings is 2. The Labute approximate surface area is 160 Å². The van der Waals surface area contributed by atoms with Crippen LogP contribution in [0.25, 0.3) is 0 Å². The number of aromatic nitrogens is 2. The van der Waals surface area contributed by atoms with E-state index >= 15 is 0 Å². The van der Waals surface area contributed by atoms with E-state index in [9.17, 15) is 9.18 Å². The van der Waals surface area contributed by atoms with Crippen LogP contribution in [-0.4, -0.2) is 27.5 Å². The number of hydrogen-bond donors (Lipinski definition) is 0. The summed E-state index contributed by atoms with van der Waals surface area (Å²) in [4.78, 5) is 14.1. The molecular weight excluding hydrogens is 365 g/mol. The molecule has 1 saturated heterocycles. The van der Waals surface area contributed by atoms with Gasteiger partial charge in [-0.2, -0.15) is 0 Å². The maximum absolute atomic E-state index is 13.2. The molecule has 1 unspecified atom stereocenters. The number of likely N-dealkylation sites (tertiary alicyclic amines) is 1. The highest BCUT2D eigenvalue weighted by molar-refractivity contribution is 7.98. The van der Waals surface area contributed by atoms with Gasteiger partial charge in [-0.05, 0) is 23.3 Å². The minimum atomic E-state index is -0.262. The van der Waals surface area contributed by atoms with Gasteiger partial charge in [0.25, 0.3) is 5.22 Å². The summed E-state index contributed by atoms with van der Waals surface area (Å²) in [6.45, 7) is 1.16. The molecule has 1 amide bonds. The summed E-state index contributed by atoms with van der Waals surface area (Å²) >= 11 is 1.36. The van der Waals surface area contributed by atoms with E-state index in [0.29, 0.717) is 36.4 Å². The molecular formula is C20H18FN3O2S. The fraction of sp³-hybridized carbons (Fsp3) is 0.250. The van der Waals surface area contributed by atoms with E-state index in [1.807, 2.05) is 41.3 Å². The monoisotopic (exact) mass is 383 g/mol. The number of rotatable bonds is 6. The number of nitrogens with zero attached hydrogens (tertiary/aromatic N) is 3. The summed E-state index contributed by atoms with van der Waals surface area (Å²) in [7, 11) is 0. The van der Waals surface area contributed by atoms with E-state index in [2.05, 4.69) is 10.2 Å². The normalized spacial score (nSPS) is 16.9. The van der Waals surface area contributed by atoms with Crippen LogP contribution in [0, 0.1) is 5.82 Å². The van der Waals surface area contributed by atoms with Crippen LogP contribution >= 0.6 is 11.8 Å². The van der Waals surface area contributed by atoms with Crippen LogP contribution in [-0.2, 0) is 17.1 Å². The Morgan fingerprint density at radius 1 is 1.11 bits per heavy atom. The molecule has 4 rings (SSSR count). The highest BCUT2D eigenvalue weighted by Crippen LogP contribution is 2.31. The Bertz CT molecular complexity index is 932. The fourth-order valence-electron chi connectivity index (χ4n) is 3.11. The SMILES string of the molecule is O=C1CC(c2nnc(SCc3cccc(F)c3)o2)CN1Cc1ccccc1. The van der Waals surface area contributed by atoms with Crippen molar-refractivity contribution in [1.29, 1.82) is 0 Å². The van der Waals surface area contributed by atoms with E-state index in [-0.39, 0.29) is 17.6 Å². The Morgan fingerprint density at radius 2 is 1.93 bits per heavy atom. The number of hydrogen-bond acceptors (Lipinski definition) is 5. The highest BCUT2D eigenvalue weighted by atomic mass is 32.2. The summed E-state index contributed by atoms with van der Waals surface area (Å²) in [5, 5.41) is 8.60. The van der Waals surface area contributed by atoms with Gasteiger partial charge in [0.1, 0.15) is 5.82 Å². The number of thioether (sulfide) groups is 1. The van der Waals surface area contributed by atoms with E-state index < -0.39 is 0 Å². The number of carbonyl (C=O) groups is 1. The first-order valence-electron chi connectivity index (χ1n) is 8.70. The maximum atomic E-state index is 13.2. The van der Waals surface area contributed by atoms with Gasteiger partial charge >= 0.3 is 0 Å². The van der Waals surface area contributed by atoms with Gasteiger partial charge in [0, 0.05) is 25.3 Å². The van der Waals surface area contributed by atoms with Gasteiger partial charge in [-0.25, -0.2) is 4.39 Å². The molecule has 0 saturated carbocycles. The van der Waals surface area contributed by atoms with Crippen LogP contribution in [0.2, 0.25) is 0 Å². The molecule has 138 valence electrons. The number of halogens is 1. The Balaban J connectivity index is 1.36. The Hall–Kier alpha value is -2.67. The summed E-state index contributed by atoms with van der Waals surface area (Å²) in [5.74, 6) is 0.777. The van der Waals surface area contributed by atoms with Crippen molar-refractivity contribution in [3.8, 4) is 0 Å². The smallest absolute Gasteiger partial charge is 0.276 e. The molecule has 1 fully saturated rings. The predicted octanol–water partition coefficient (Wildman–Crippen LogP) is 4.02. The van der Waals surface area contributed by atoms with Crippen molar-refractivity contribution in [2.45, 2.75) is 29.9 Å². The molecule has 5 nitrogen and oxygen atoms in total. The Kier molecular flexibility index (Phi) is 5.20. The second-order valence-corrected chi connectivity index (χ2v) is 7.41. The average Bonchev–Trinajstić information content (AvgIpc) is 3.28. The molecule has 2 aromatic carbocycles. The van der Waals surface area contributed by atoms with E-state index in [1.165, 1.54) is 23.9 Å². The van der Waals surface area contributed by atoms with Gasteiger partial charge < -0.3 is 9.32 Å². The summed E-state index contributed by atoms with van der Waals surface area (Å²) < 4.78 is 19.0. The predicted molar refractivity (Wildman–Crippen MR) is 99.5 cm³/mol. The van der Waals surface area contributed by atoms with Crippen LogP contribution in [0.4, 0.5) is 4.39 Å². The molecule has 3 aromatic rings. The van der Waals surface area contributed by atoms with Gasteiger partial charge in [-0.15, -0.1) is 10.2 Å². The van der Waals surface area contributed by atoms with Crippen LogP contribution in [0.15, 0.2) is 64.2 Å². The van der Waals surface area contributed by atoms with Gasteiger partial charge in [0.15, 0.2) is 0 Å². The lowest BCUT2D eigenvalue weighted by Gasteiger charge is -2.15. The molecule has 0 bridgehead atoms. The van der Waals surface area contributed by atoms with E-state index in [1.54, 1.807) is 6.07 Å². The lowest BCUT2D eigenvalue weighted by molar-refractivity contribution is -0.128. The van der Waals surface area contributed by atoms with Gasteiger partial charge in [-0.1, -0.05) is 54.2 Å². The first-order valence-corrected chi connectivity index (χ1v) is 9.68. The van der Waals surface area contributed by atoms with Gasteiger partial charge in [-0.3, -0.25) is 4.79 Å². The third kappa shape index (κ3) is 4.36. The maximum Gasteiger partial charge on any atom is 0.276 e. The highest BCUT2D eigenvalue weighted by Gasteiger charge is 2.34. The third-order valence-corrected chi connectivity index (χ3v) is 5.34. The zero-order valence-corrected chi connectivity index (χ0v) is 15.4. The molecule has 1 aliphatic rings. The van der Waals surface area contributed by atoms with Crippen molar-refractivity contribution in [1.82, 2.24) is 15.1 Å². The zero-order valence-electron chi connectivity index (χ0n) is 14.5. The fourth-order valence-corrected chi connectivity index (χ4v) is 3.82. The molecule has 0 N–H and O–H groups in total. The molecule has 1 aliphatic heterocycles. The van der Waals surface area contributed by atoms with Crippen LogP contribution < -0.4 is 0 Å². The topological polar surface area (TPSA) is 59.2 Å². The second kappa shape index (κ2) is 7.92. The van der Waals surface area contributed by atoms with Crippen molar-refractivity contribution in [2.75, 3.05) is 6.54 Å². The van der Waals surface area contributed by atoms with Crippen molar-refractivity contribution in [2.24, 2.45) is 0 Å². The second-order valence-electron chi connectivity index (χ2n) is 6.49. The van der Waals surface area contributed by atoms with E-state index in [0.717, 1.165) is 11.1 Å². The quantitative estimate of drug-likeness (QED) is 0.602. The van der Waals surface area contributed by atoms with Gasteiger partial charge in [0.2, 0.25) is 11.8 Å². The first kappa shape index (κ1) is 17.7. The minimum absolute atomic E-state index is 0.0859. The lowest BCUT2D eigenvalue weighted by Crippen LogP contribution is -2.24. The molecule has 1 atom stereocenters. The first-order chi connectivity index (χ1) is 13.2. The standard InChI is InChI=1S/C20H18FN3O2S/c21-17-8-4-7-15(9-17)13-27-20-23-22-19(26-20)16-10-18(25)24(12-16)11-14-5-2-1-3-6-14/h1-9,16H,10-13H2. The molecule has 2 heterocycles. The van der Waals surface area contributed by atoms with Crippen LogP contribution in [0.5, 0.6) is 0 Å². The summed E-state index contributed by atoms with van der Waals surface area (Å²) in [5.41, 5.74) is 1.95. The third-order valence-electron chi connectivity index (χ3n) is 4.45. The number of amides is 1. The van der Waals surface area contributed by atoms with Crippen molar-refractivity contribution < 1.29 is 13.6 Å². The number of carbonyl (C=O) groups excluding carboxylic acids is 1. The minimum Gasteiger partial charge on any atom is -0.416 e. The largest absolute Gasteiger partial charge is 0.416 e. The van der Waals surface area contributed by atoms with E-state index in [4.69, 9.17) is 4.42 Å². The van der Waals surface area contributed by atoms with Gasteiger partial charge in [0.05, 0.1) is 5.92 Å². The molecule has 0 spiro atoms. The molecule has 7 heteroatoms. The Morgan fingerprint density at radius 3 is 2.74 bits per heavy atom. The summed E-state index contributed by atoms with van der Waals surface area (Å²) in [6.07, 6.45) is 0.378. The lowest BCUT2D eigenvalue weighted by atomic mass is 10.1. The van der Waals surface area contributed by atoms with Crippen molar-refractivity contribution >= 4 is 17.7 Å². The zero-order chi connectivity index (χ0) is 18.6. The average molecular weight is 383 g/mol.